The molecule has 0 aliphatic carbocycles. The number of H-pyrrole nitrogens is 1. The molecular weight excluding hydrogens is 474 g/mol. The van der Waals surface area contributed by atoms with Crippen LogP contribution in [0.1, 0.15) is 38.8 Å². The van der Waals surface area contributed by atoms with Crippen LogP contribution >= 0.6 is 0 Å². The summed E-state index contributed by atoms with van der Waals surface area (Å²) in [4.78, 5) is 60.1. The first-order valence-corrected chi connectivity index (χ1v) is 11.5. The summed E-state index contributed by atoms with van der Waals surface area (Å²) in [6.07, 6.45) is 3.75. The molecule has 3 amide bonds. The molecule has 0 aromatic carbocycles. The zero-order valence-electron chi connectivity index (χ0n) is 20.4. The third-order valence-electron chi connectivity index (χ3n) is 5.55. The number of aliphatic imine (C=N–C) groups is 1. The highest BCUT2D eigenvalue weighted by molar-refractivity contribution is 5.94. The van der Waals surface area contributed by atoms with Crippen LogP contribution in [0.2, 0.25) is 0 Å². The quantitative estimate of drug-likeness (QED) is 0.0613. The molecule has 1 aromatic rings. The van der Waals surface area contributed by atoms with Gasteiger partial charge in [0.2, 0.25) is 17.7 Å². The maximum atomic E-state index is 12.9. The first-order valence-electron chi connectivity index (χ1n) is 11.5. The Balaban J connectivity index is 2.90. The van der Waals surface area contributed by atoms with E-state index < -0.39 is 54.5 Å². The molecule has 0 saturated carbocycles. The van der Waals surface area contributed by atoms with E-state index in [1.165, 1.54) is 12.5 Å². The SMILES string of the molecule is CCC(C)C(N)C(=O)NC(CCCN=C(N)N)C(=O)NC(CO)C(=O)NC(Cc1cnc[nH]1)C(=O)O. The number of carboxylic acids is 1. The molecule has 1 heterocycles. The summed E-state index contributed by atoms with van der Waals surface area (Å²) >= 11 is 0. The first kappa shape index (κ1) is 30.3. The number of aliphatic carboxylic acids is 1. The van der Waals surface area contributed by atoms with E-state index in [-0.39, 0.29) is 31.3 Å². The molecule has 0 radical (unpaired) electrons. The number of aliphatic hydroxyl groups is 1. The Morgan fingerprint density at radius 1 is 1.08 bits per heavy atom. The number of nitrogens with one attached hydrogen (secondary N) is 4. The van der Waals surface area contributed by atoms with Gasteiger partial charge in [0.25, 0.3) is 0 Å². The molecular formula is C21H37N9O6. The van der Waals surface area contributed by atoms with Crippen molar-refractivity contribution in [2.75, 3.05) is 13.2 Å². The van der Waals surface area contributed by atoms with E-state index in [9.17, 15) is 29.4 Å². The van der Waals surface area contributed by atoms with Crippen LogP contribution in [0, 0.1) is 5.92 Å². The number of carbonyl (C=O) groups excluding carboxylic acids is 3. The number of hydrogen-bond donors (Lipinski definition) is 9. The molecule has 202 valence electrons. The van der Waals surface area contributed by atoms with Gasteiger partial charge >= 0.3 is 5.97 Å². The molecule has 1 rings (SSSR count). The maximum absolute atomic E-state index is 12.9. The summed E-state index contributed by atoms with van der Waals surface area (Å²) in [6, 6.07) is -4.78. The number of imidazole rings is 1. The van der Waals surface area contributed by atoms with Gasteiger partial charge < -0.3 is 48.3 Å². The van der Waals surface area contributed by atoms with Crippen molar-refractivity contribution in [2.24, 2.45) is 28.1 Å². The van der Waals surface area contributed by atoms with E-state index in [2.05, 4.69) is 30.9 Å². The van der Waals surface area contributed by atoms with E-state index in [1.807, 2.05) is 6.92 Å². The molecule has 5 unspecified atom stereocenters. The Hall–Kier alpha value is -3.72. The second-order valence-electron chi connectivity index (χ2n) is 8.35. The predicted octanol–water partition coefficient (Wildman–Crippen LogP) is -3.09. The highest BCUT2D eigenvalue weighted by atomic mass is 16.4. The number of aliphatic hydroxyl groups excluding tert-OH is 1. The fourth-order valence-corrected chi connectivity index (χ4v) is 3.11. The van der Waals surface area contributed by atoms with Gasteiger partial charge in [-0.15, -0.1) is 0 Å². The van der Waals surface area contributed by atoms with Crippen molar-refractivity contribution in [1.82, 2.24) is 25.9 Å². The van der Waals surface area contributed by atoms with Gasteiger partial charge in [0, 0.05) is 24.9 Å². The highest BCUT2D eigenvalue weighted by Crippen LogP contribution is 2.07. The lowest BCUT2D eigenvalue weighted by molar-refractivity contribution is -0.142. The van der Waals surface area contributed by atoms with Gasteiger partial charge in [-0.2, -0.15) is 0 Å². The van der Waals surface area contributed by atoms with Crippen LogP contribution in [0.15, 0.2) is 17.5 Å². The van der Waals surface area contributed by atoms with Crippen LogP contribution in [0.25, 0.3) is 0 Å². The fourth-order valence-electron chi connectivity index (χ4n) is 3.11. The lowest BCUT2D eigenvalue weighted by Gasteiger charge is -2.25. The third-order valence-corrected chi connectivity index (χ3v) is 5.55. The molecule has 0 aliphatic rings. The minimum absolute atomic E-state index is 0.0931. The molecule has 0 aliphatic heterocycles. The monoisotopic (exact) mass is 511 g/mol. The van der Waals surface area contributed by atoms with E-state index in [0.717, 1.165) is 0 Å². The standard InChI is InChI=1S/C21H37N9O6/c1-3-11(2)16(22)19(34)28-13(5-4-6-26-21(23)24)17(32)30-15(9-31)18(33)29-14(20(35)36)7-12-8-25-10-27-12/h8,10-11,13-16,31H,3-7,9,22H2,1-2H3,(H,25,27)(H,28,34)(H,29,33)(H,30,32)(H,35,36)(H4,23,24,26). The highest BCUT2D eigenvalue weighted by Gasteiger charge is 2.30. The molecule has 15 nitrogen and oxygen atoms in total. The topological polar surface area (TPSA) is 264 Å². The molecule has 1 aromatic heterocycles. The van der Waals surface area contributed by atoms with Gasteiger partial charge in [-0.1, -0.05) is 20.3 Å². The van der Waals surface area contributed by atoms with Crippen LogP contribution in [0.4, 0.5) is 0 Å². The van der Waals surface area contributed by atoms with Gasteiger partial charge in [0.1, 0.15) is 18.1 Å². The number of nitrogens with zero attached hydrogens (tertiary/aromatic N) is 2. The number of rotatable bonds is 16. The zero-order chi connectivity index (χ0) is 27.3. The van der Waals surface area contributed by atoms with Crippen molar-refractivity contribution >= 4 is 29.7 Å². The van der Waals surface area contributed by atoms with Crippen LogP contribution in [0.5, 0.6) is 0 Å². The summed E-state index contributed by atoms with van der Waals surface area (Å²) in [5.74, 6) is -3.82. The summed E-state index contributed by atoms with van der Waals surface area (Å²) in [7, 11) is 0. The van der Waals surface area contributed by atoms with E-state index in [1.54, 1.807) is 6.92 Å². The van der Waals surface area contributed by atoms with Crippen molar-refractivity contribution in [2.45, 2.75) is 63.7 Å². The van der Waals surface area contributed by atoms with Gasteiger partial charge in [-0.05, 0) is 18.8 Å². The minimum Gasteiger partial charge on any atom is -0.480 e. The number of hydrogen-bond acceptors (Lipinski definition) is 8. The molecule has 5 atom stereocenters. The smallest absolute Gasteiger partial charge is 0.326 e. The van der Waals surface area contributed by atoms with Gasteiger partial charge in [0.15, 0.2) is 5.96 Å². The van der Waals surface area contributed by atoms with Crippen molar-refractivity contribution in [3.63, 3.8) is 0 Å². The van der Waals surface area contributed by atoms with E-state index in [4.69, 9.17) is 17.2 Å². The van der Waals surface area contributed by atoms with Gasteiger partial charge in [0.05, 0.1) is 19.0 Å². The molecule has 0 spiro atoms. The molecule has 36 heavy (non-hydrogen) atoms. The Morgan fingerprint density at radius 2 is 1.69 bits per heavy atom. The Labute approximate surface area is 208 Å². The molecule has 12 N–H and O–H groups in total. The second kappa shape index (κ2) is 15.3. The van der Waals surface area contributed by atoms with Crippen molar-refractivity contribution < 1.29 is 29.4 Å². The normalized spacial score (nSPS) is 15.0. The molecule has 0 fully saturated rings. The summed E-state index contributed by atoms with van der Waals surface area (Å²) in [5.41, 5.74) is 17.0. The zero-order valence-corrected chi connectivity index (χ0v) is 20.4. The van der Waals surface area contributed by atoms with Crippen LogP contribution < -0.4 is 33.2 Å². The number of aromatic nitrogens is 2. The number of carbonyl (C=O) groups is 4. The lowest BCUT2D eigenvalue weighted by atomic mass is 9.98. The van der Waals surface area contributed by atoms with Crippen LogP contribution in [-0.2, 0) is 25.6 Å². The number of nitrogens with two attached hydrogens (primary N) is 3. The average molecular weight is 512 g/mol. The Kier molecular flexibility index (Phi) is 12.9. The maximum Gasteiger partial charge on any atom is 0.326 e. The van der Waals surface area contributed by atoms with E-state index in [0.29, 0.717) is 18.5 Å². The molecule has 15 heteroatoms. The van der Waals surface area contributed by atoms with Gasteiger partial charge in [-0.25, -0.2) is 9.78 Å². The van der Waals surface area contributed by atoms with Crippen LogP contribution in [-0.4, -0.2) is 87.2 Å². The van der Waals surface area contributed by atoms with Crippen molar-refractivity contribution in [3.05, 3.63) is 18.2 Å². The number of guanidine groups is 1. The summed E-state index contributed by atoms with van der Waals surface area (Å²) in [6.45, 7) is 3.05. The Bertz CT molecular complexity index is 888. The molecule has 0 bridgehead atoms. The average Bonchev–Trinajstić information content (AvgIpc) is 3.35. The predicted molar refractivity (Wildman–Crippen MR) is 130 cm³/mol. The molecule has 0 saturated heterocycles. The van der Waals surface area contributed by atoms with E-state index >= 15 is 0 Å². The largest absolute Gasteiger partial charge is 0.480 e. The van der Waals surface area contributed by atoms with Crippen molar-refractivity contribution in [3.8, 4) is 0 Å². The number of amides is 3. The van der Waals surface area contributed by atoms with Crippen molar-refractivity contribution in [1.29, 1.82) is 0 Å². The Morgan fingerprint density at radius 3 is 2.22 bits per heavy atom. The van der Waals surface area contributed by atoms with Crippen LogP contribution in [0.3, 0.4) is 0 Å². The number of aromatic amines is 1. The number of carboxylic acid groups (broad SMARTS) is 1. The van der Waals surface area contributed by atoms with Gasteiger partial charge in [-0.3, -0.25) is 19.4 Å². The lowest BCUT2D eigenvalue weighted by Crippen LogP contribution is -2.58. The third kappa shape index (κ3) is 10.3. The summed E-state index contributed by atoms with van der Waals surface area (Å²) < 4.78 is 0. The summed E-state index contributed by atoms with van der Waals surface area (Å²) in [5, 5.41) is 26.3. The first-order chi connectivity index (χ1) is 17.0. The fraction of sp³-hybridized carbons (Fsp3) is 0.619. The second-order valence-corrected chi connectivity index (χ2v) is 8.35. The minimum atomic E-state index is -1.47.